The highest BCUT2D eigenvalue weighted by Gasteiger charge is 2.38. The van der Waals surface area contributed by atoms with Crippen LogP contribution in [0.3, 0.4) is 0 Å². The van der Waals surface area contributed by atoms with Crippen LogP contribution in [-0.2, 0) is 0 Å². The SMILES string of the molecule is CCC1=NC(=O)NC(c2cccc(O)c2)C1C(=O)c1ccc(F)cc1. The van der Waals surface area contributed by atoms with E-state index in [2.05, 4.69) is 10.3 Å². The first kappa shape index (κ1) is 16.8. The predicted octanol–water partition coefficient (Wildman–Crippen LogP) is 3.65. The number of nitrogens with one attached hydrogen (secondary N) is 1. The fraction of sp³-hybridized carbons (Fsp3) is 0.211. The largest absolute Gasteiger partial charge is 0.508 e. The Morgan fingerprint density at radius 3 is 2.60 bits per heavy atom. The molecule has 2 aromatic carbocycles. The molecule has 0 radical (unpaired) electrons. The third-order valence-corrected chi connectivity index (χ3v) is 4.22. The third-order valence-electron chi connectivity index (χ3n) is 4.22. The summed E-state index contributed by atoms with van der Waals surface area (Å²) in [6, 6.07) is 10.5. The number of nitrogens with zero attached hydrogens (tertiary/aromatic N) is 1. The smallest absolute Gasteiger partial charge is 0.341 e. The lowest BCUT2D eigenvalue weighted by Gasteiger charge is -2.31. The highest BCUT2D eigenvalue weighted by atomic mass is 19.1. The lowest BCUT2D eigenvalue weighted by molar-refractivity contribution is 0.0932. The quantitative estimate of drug-likeness (QED) is 0.834. The summed E-state index contributed by atoms with van der Waals surface area (Å²) in [5.41, 5.74) is 1.41. The van der Waals surface area contributed by atoms with Gasteiger partial charge >= 0.3 is 6.03 Å². The topological polar surface area (TPSA) is 78.8 Å². The molecule has 2 unspecified atom stereocenters. The molecule has 0 spiro atoms. The van der Waals surface area contributed by atoms with E-state index in [9.17, 15) is 19.1 Å². The van der Waals surface area contributed by atoms with E-state index in [1.807, 2.05) is 6.92 Å². The molecule has 2 atom stereocenters. The van der Waals surface area contributed by atoms with E-state index >= 15 is 0 Å². The number of Topliss-reactive ketones (excluding diaryl/α,β-unsaturated/α-hetero) is 1. The molecule has 0 bridgehead atoms. The van der Waals surface area contributed by atoms with Crippen LogP contribution in [0.1, 0.15) is 35.3 Å². The van der Waals surface area contributed by atoms with Gasteiger partial charge in [0.2, 0.25) is 0 Å². The number of carbonyl (C=O) groups excluding carboxylic acids is 2. The number of hydrogen-bond acceptors (Lipinski definition) is 3. The van der Waals surface area contributed by atoms with E-state index in [-0.39, 0.29) is 11.5 Å². The second kappa shape index (κ2) is 6.84. The summed E-state index contributed by atoms with van der Waals surface area (Å²) in [7, 11) is 0. The maximum absolute atomic E-state index is 13.2. The molecule has 2 N–H and O–H groups in total. The van der Waals surface area contributed by atoms with Crippen molar-refractivity contribution in [3.8, 4) is 5.75 Å². The van der Waals surface area contributed by atoms with Crippen LogP contribution >= 0.6 is 0 Å². The van der Waals surface area contributed by atoms with Gasteiger partial charge in [-0.15, -0.1) is 0 Å². The second-order valence-electron chi connectivity index (χ2n) is 5.83. The van der Waals surface area contributed by atoms with Gasteiger partial charge in [0.15, 0.2) is 5.78 Å². The highest BCUT2D eigenvalue weighted by Crippen LogP contribution is 2.32. The number of ketones is 1. The van der Waals surface area contributed by atoms with E-state index in [1.165, 1.54) is 36.4 Å². The van der Waals surface area contributed by atoms with Crippen molar-refractivity contribution < 1.29 is 19.1 Å². The number of phenolic OH excluding ortho intramolecular Hbond substituents is 1. The Bertz CT molecular complexity index is 846. The fourth-order valence-corrected chi connectivity index (χ4v) is 3.03. The van der Waals surface area contributed by atoms with Crippen LogP contribution in [0.5, 0.6) is 5.75 Å². The number of aliphatic imine (C=N–C) groups is 1. The molecule has 25 heavy (non-hydrogen) atoms. The molecule has 1 aliphatic rings. The Hall–Kier alpha value is -3.02. The molecule has 0 fully saturated rings. The summed E-state index contributed by atoms with van der Waals surface area (Å²) < 4.78 is 13.2. The number of aromatic hydroxyl groups is 1. The van der Waals surface area contributed by atoms with Gasteiger partial charge in [-0.25, -0.2) is 14.2 Å². The van der Waals surface area contributed by atoms with Gasteiger partial charge in [-0.3, -0.25) is 4.79 Å². The maximum Gasteiger partial charge on any atom is 0.341 e. The highest BCUT2D eigenvalue weighted by molar-refractivity contribution is 6.16. The third kappa shape index (κ3) is 3.42. The van der Waals surface area contributed by atoms with Crippen LogP contribution in [0.4, 0.5) is 9.18 Å². The summed E-state index contributed by atoms with van der Waals surface area (Å²) in [5.74, 6) is -1.35. The molecular weight excluding hydrogens is 323 g/mol. The molecule has 2 amide bonds. The lowest BCUT2D eigenvalue weighted by Crippen LogP contribution is -2.44. The molecule has 3 rings (SSSR count). The van der Waals surface area contributed by atoms with Crippen molar-refractivity contribution in [2.75, 3.05) is 0 Å². The summed E-state index contributed by atoms with van der Waals surface area (Å²) in [4.78, 5) is 28.9. The first-order valence-corrected chi connectivity index (χ1v) is 7.96. The average Bonchev–Trinajstić information content (AvgIpc) is 2.61. The van der Waals surface area contributed by atoms with Crippen LogP contribution in [0.2, 0.25) is 0 Å². The molecule has 128 valence electrons. The molecule has 0 saturated carbocycles. The summed E-state index contributed by atoms with van der Waals surface area (Å²) >= 11 is 0. The zero-order valence-corrected chi connectivity index (χ0v) is 13.6. The van der Waals surface area contributed by atoms with Gasteiger partial charge in [0.25, 0.3) is 0 Å². The number of phenols is 1. The monoisotopic (exact) mass is 340 g/mol. The van der Waals surface area contributed by atoms with Gasteiger partial charge in [-0.2, -0.15) is 0 Å². The van der Waals surface area contributed by atoms with E-state index < -0.39 is 23.8 Å². The minimum Gasteiger partial charge on any atom is -0.508 e. The molecule has 6 heteroatoms. The van der Waals surface area contributed by atoms with Gasteiger partial charge in [-0.05, 0) is 48.4 Å². The van der Waals surface area contributed by atoms with E-state index in [0.29, 0.717) is 23.3 Å². The molecule has 0 aromatic heterocycles. The summed E-state index contributed by atoms with van der Waals surface area (Å²) in [6.07, 6.45) is 0.431. The lowest BCUT2D eigenvalue weighted by atomic mass is 9.81. The van der Waals surface area contributed by atoms with Crippen molar-refractivity contribution in [1.29, 1.82) is 0 Å². The van der Waals surface area contributed by atoms with E-state index in [1.54, 1.807) is 12.1 Å². The number of carbonyl (C=O) groups is 2. The van der Waals surface area contributed by atoms with Crippen LogP contribution in [0.25, 0.3) is 0 Å². The normalized spacial score (nSPS) is 19.9. The first-order valence-electron chi connectivity index (χ1n) is 7.96. The van der Waals surface area contributed by atoms with Gasteiger partial charge in [0.1, 0.15) is 11.6 Å². The number of amides is 2. The number of benzene rings is 2. The Morgan fingerprint density at radius 2 is 1.96 bits per heavy atom. The fourth-order valence-electron chi connectivity index (χ4n) is 3.03. The maximum atomic E-state index is 13.2. The predicted molar refractivity (Wildman–Crippen MR) is 91.3 cm³/mol. The zero-order chi connectivity index (χ0) is 18.0. The van der Waals surface area contributed by atoms with Crippen molar-refractivity contribution >= 4 is 17.5 Å². The Kier molecular flexibility index (Phi) is 4.61. The Morgan fingerprint density at radius 1 is 1.24 bits per heavy atom. The molecule has 1 aliphatic heterocycles. The number of hydrogen-bond donors (Lipinski definition) is 2. The van der Waals surface area contributed by atoms with Gasteiger partial charge in [0.05, 0.1) is 12.0 Å². The van der Waals surface area contributed by atoms with Crippen LogP contribution in [-0.4, -0.2) is 22.6 Å². The van der Waals surface area contributed by atoms with Gasteiger partial charge < -0.3 is 10.4 Å². The van der Waals surface area contributed by atoms with Crippen LogP contribution in [0, 0.1) is 11.7 Å². The minimum atomic E-state index is -0.713. The van der Waals surface area contributed by atoms with Crippen molar-refractivity contribution in [3.63, 3.8) is 0 Å². The number of urea groups is 1. The zero-order valence-electron chi connectivity index (χ0n) is 13.6. The molecule has 0 saturated heterocycles. The Labute approximate surface area is 144 Å². The minimum absolute atomic E-state index is 0.0419. The van der Waals surface area contributed by atoms with Crippen LogP contribution in [0.15, 0.2) is 53.5 Å². The average molecular weight is 340 g/mol. The van der Waals surface area contributed by atoms with Gasteiger partial charge in [-0.1, -0.05) is 19.1 Å². The molecule has 2 aromatic rings. The van der Waals surface area contributed by atoms with Crippen molar-refractivity contribution in [3.05, 3.63) is 65.5 Å². The van der Waals surface area contributed by atoms with Crippen molar-refractivity contribution in [1.82, 2.24) is 5.32 Å². The van der Waals surface area contributed by atoms with Crippen LogP contribution < -0.4 is 5.32 Å². The van der Waals surface area contributed by atoms with Gasteiger partial charge in [0, 0.05) is 11.3 Å². The molecule has 5 nitrogen and oxygen atoms in total. The molecular formula is C19H17FN2O3. The number of rotatable bonds is 4. The van der Waals surface area contributed by atoms with Crippen molar-refractivity contribution in [2.24, 2.45) is 10.9 Å². The summed E-state index contributed by atoms with van der Waals surface area (Å²) in [6.45, 7) is 1.82. The van der Waals surface area contributed by atoms with E-state index in [4.69, 9.17) is 0 Å². The number of halogens is 1. The Balaban J connectivity index is 2.06. The standard InChI is InChI=1S/C19H17FN2O3/c1-2-15-16(18(24)11-6-8-13(20)9-7-11)17(22-19(25)21-15)12-4-3-5-14(23)10-12/h3-10,16-17,23H,2H2,1H3,(H,22,25). The molecule has 0 aliphatic carbocycles. The van der Waals surface area contributed by atoms with Crippen molar-refractivity contribution in [2.45, 2.75) is 19.4 Å². The van der Waals surface area contributed by atoms with E-state index in [0.717, 1.165) is 0 Å². The molecule has 1 heterocycles. The summed E-state index contributed by atoms with van der Waals surface area (Å²) in [5, 5.41) is 12.4. The first-order chi connectivity index (χ1) is 12.0. The second-order valence-corrected chi connectivity index (χ2v) is 5.83.